The maximum Gasteiger partial charge on any atom is 0.321 e. The first-order valence-electron chi connectivity index (χ1n) is 5.58. The molecule has 0 aliphatic rings. The maximum atomic E-state index is 11.4. The molecule has 0 saturated heterocycles. The van der Waals surface area contributed by atoms with Gasteiger partial charge in [-0.05, 0) is 26.2 Å². The SMILES string of the molecule is CC(C)(C)C(C(=O)O)N(CC(=O)O)C(C)(C)C. The van der Waals surface area contributed by atoms with Gasteiger partial charge in [0.05, 0.1) is 6.54 Å². The summed E-state index contributed by atoms with van der Waals surface area (Å²) in [5, 5.41) is 18.2. The van der Waals surface area contributed by atoms with Crippen LogP contribution in [0, 0.1) is 5.41 Å². The lowest BCUT2D eigenvalue weighted by Crippen LogP contribution is -2.58. The Labute approximate surface area is 102 Å². The summed E-state index contributed by atoms with van der Waals surface area (Å²) in [7, 11) is 0. The lowest BCUT2D eigenvalue weighted by atomic mass is 9.83. The minimum atomic E-state index is -1.02. The summed E-state index contributed by atoms with van der Waals surface area (Å²) in [4.78, 5) is 23.8. The van der Waals surface area contributed by atoms with E-state index in [9.17, 15) is 14.7 Å². The highest BCUT2D eigenvalue weighted by atomic mass is 16.4. The van der Waals surface area contributed by atoms with Crippen LogP contribution in [0.2, 0.25) is 0 Å². The average Bonchev–Trinajstić information content (AvgIpc) is 1.96. The van der Waals surface area contributed by atoms with E-state index in [0.717, 1.165) is 0 Å². The molecule has 0 fully saturated rings. The molecule has 0 rings (SSSR count). The molecule has 17 heavy (non-hydrogen) atoms. The van der Waals surface area contributed by atoms with Crippen LogP contribution in [-0.2, 0) is 9.59 Å². The average molecular weight is 245 g/mol. The normalized spacial score (nSPS) is 14.8. The number of hydrogen-bond acceptors (Lipinski definition) is 3. The molecule has 0 spiro atoms. The van der Waals surface area contributed by atoms with Gasteiger partial charge in [0, 0.05) is 5.54 Å². The van der Waals surface area contributed by atoms with Gasteiger partial charge in [-0.2, -0.15) is 0 Å². The molecule has 1 unspecified atom stereocenters. The van der Waals surface area contributed by atoms with Crippen LogP contribution in [0.15, 0.2) is 0 Å². The highest BCUT2D eigenvalue weighted by molar-refractivity contribution is 5.76. The van der Waals surface area contributed by atoms with Crippen molar-refractivity contribution in [3.63, 3.8) is 0 Å². The highest BCUT2D eigenvalue weighted by Crippen LogP contribution is 2.29. The van der Waals surface area contributed by atoms with Crippen molar-refractivity contribution in [2.75, 3.05) is 6.54 Å². The largest absolute Gasteiger partial charge is 0.480 e. The molecule has 0 amide bonds. The molecule has 0 aromatic carbocycles. The summed E-state index contributed by atoms with van der Waals surface area (Å²) in [6, 6.07) is -0.835. The second-order valence-electron chi connectivity index (χ2n) is 6.30. The van der Waals surface area contributed by atoms with Gasteiger partial charge in [-0.25, -0.2) is 0 Å². The standard InChI is InChI=1S/C12H23NO4/c1-11(2,3)9(10(16)17)13(7-8(14)15)12(4,5)6/h9H,7H2,1-6H3,(H,14,15)(H,16,17). The molecule has 0 radical (unpaired) electrons. The number of aliphatic carboxylic acids is 2. The monoisotopic (exact) mass is 245 g/mol. The van der Waals surface area contributed by atoms with Crippen LogP contribution in [0.5, 0.6) is 0 Å². The minimum absolute atomic E-state index is 0.280. The number of nitrogens with zero attached hydrogens (tertiary/aromatic N) is 1. The van der Waals surface area contributed by atoms with Crippen LogP contribution < -0.4 is 0 Å². The van der Waals surface area contributed by atoms with E-state index in [1.165, 1.54) is 4.90 Å². The van der Waals surface area contributed by atoms with Crippen LogP contribution in [0.25, 0.3) is 0 Å². The summed E-state index contributed by atoms with van der Waals surface area (Å²) < 4.78 is 0. The van der Waals surface area contributed by atoms with Gasteiger partial charge in [-0.1, -0.05) is 20.8 Å². The Morgan fingerprint density at radius 3 is 1.65 bits per heavy atom. The second-order valence-corrected chi connectivity index (χ2v) is 6.30. The maximum absolute atomic E-state index is 11.4. The molecule has 5 nitrogen and oxygen atoms in total. The van der Waals surface area contributed by atoms with E-state index in [-0.39, 0.29) is 6.54 Å². The third-order valence-corrected chi connectivity index (χ3v) is 2.53. The summed E-state index contributed by atoms with van der Waals surface area (Å²) in [6.07, 6.45) is 0. The molecule has 0 aliphatic carbocycles. The zero-order valence-corrected chi connectivity index (χ0v) is 11.4. The Hall–Kier alpha value is -1.10. The zero-order valence-electron chi connectivity index (χ0n) is 11.4. The van der Waals surface area contributed by atoms with Gasteiger partial charge in [0.1, 0.15) is 6.04 Å². The van der Waals surface area contributed by atoms with E-state index in [4.69, 9.17) is 5.11 Å². The van der Waals surface area contributed by atoms with Gasteiger partial charge in [0.15, 0.2) is 0 Å². The van der Waals surface area contributed by atoms with Crippen molar-refractivity contribution in [2.24, 2.45) is 5.41 Å². The van der Waals surface area contributed by atoms with Crippen molar-refractivity contribution < 1.29 is 19.8 Å². The molecule has 2 N–H and O–H groups in total. The van der Waals surface area contributed by atoms with Crippen LogP contribution in [0.3, 0.4) is 0 Å². The summed E-state index contributed by atoms with van der Waals surface area (Å²) in [6.45, 7) is 10.6. The summed E-state index contributed by atoms with van der Waals surface area (Å²) in [5.74, 6) is -2.01. The molecular weight excluding hydrogens is 222 g/mol. The van der Waals surface area contributed by atoms with E-state index >= 15 is 0 Å². The van der Waals surface area contributed by atoms with Crippen LogP contribution in [0.4, 0.5) is 0 Å². The number of carboxylic acids is 2. The lowest BCUT2D eigenvalue weighted by Gasteiger charge is -2.44. The molecular formula is C12H23NO4. The molecule has 1 atom stereocenters. The topological polar surface area (TPSA) is 77.8 Å². The summed E-state index contributed by atoms with van der Waals surface area (Å²) in [5.41, 5.74) is -1.05. The smallest absolute Gasteiger partial charge is 0.321 e. The Morgan fingerprint density at radius 2 is 1.47 bits per heavy atom. The first-order valence-corrected chi connectivity index (χ1v) is 5.58. The molecule has 5 heteroatoms. The second kappa shape index (κ2) is 5.04. The first kappa shape index (κ1) is 15.9. The van der Waals surface area contributed by atoms with Gasteiger partial charge < -0.3 is 10.2 Å². The van der Waals surface area contributed by atoms with Crippen molar-refractivity contribution in [2.45, 2.75) is 53.1 Å². The molecule has 0 heterocycles. The van der Waals surface area contributed by atoms with Crippen molar-refractivity contribution in [3.05, 3.63) is 0 Å². The summed E-state index contributed by atoms with van der Waals surface area (Å²) >= 11 is 0. The third kappa shape index (κ3) is 4.73. The lowest BCUT2D eigenvalue weighted by molar-refractivity contribution is -0.154. The number of rotatable bonds is 4. The fourth-order valence-electron chi connectivity index (χ4n) is 1.83. The molecule has 0 aliphatic heterocycles. The van der Waals surface area contributed by atoms with E-state index < -0.39 is 28.9 Å². The fraction of sp³-hybridized carbons (Fsp3) is 0.833. The predicted octanol–water partition coefficient (Wildman–Crippen LogP) is 1.67. The molecule has 0 bridgehead atoms. The van der Waals surface area contributed by atoms with Crippen molar-refractivity contribution in [1.82, 2.24) is 4.90 Å². The minimum Gasteiger partial charge on any atom is -0.480 e. The first-order chi connectivity index (χ1) is 7.37. The van der Waals surface area contributed by atoms with Crippen molar-refractivity contribution in [1.29, 1.82) is 0 Å². The third-order valence-electron chi connectivity index (χ3n) is 2.53. The Kier molecular flexibility index (Phi) is 4.71. The van der Waals surface area contributed by atoms with Crippen LogP contribution in [0.1, 0.15) is 41.5 Å². The van der Waals surface area contributed by atoms with E-state index in [1.54, 1.807) is 20.8 Å². The van der Waals surface area contributed by atoms with Gasteiger partial charge in [-0.3, -0.25) is 14.5 Å². The van der Waals surface area contributed by atoms with Gasteiger partial charge in [0.25, 0.3) is 0 Å². The van der Waals surface area contributed by atoms with Crippen molar-refractivity contribution >= 4 is 11.9 Å². The van der Waals surface area contributed by atoms with Gasteiger partial charge >= 0.3 is 11.9 Å². The Balaban J connectivity index is 5.39. The number of carbonyl (C=O) groups is 2. The van der Waals surface area contributed by atoms with E-state index in [0.29, 0.717) is 0 Å². The van der Waals surface area contributed by atoms with E-state index in [1.807, 2.05) is 20.8 Å². The Morgan fingerprint density at radius 1 is 1.06 bits per heavy atom. The van der Waals surface area contributed by atoms with Crippen molar-refractivity contribution in [3.8, 4) is 0 Å². The fourth-order valence-corrected chi connectivity index (χ4v) is 1.83. The van der Waals surface area contributed by atoms with Crippen LogP contribution >= 0.6 is 0 Å². The predicted molar refractivity (Wildman–Crippen MR) is 65.0 cm³/mol. The Bertz CT molecular complexity index is 299. The quantitative estimate of drug-likeness (QED) is 0.787. The molecule has 0 aromatic rings. The molecule has 100 valence electrons. The zero-order chi connectivity index (χ0) is 14.0. The molecule has 0 saturated carbocycles. The number of hydrogen-bond donors (Lipinski definition) is 2. The van der Waals surface area contributed by atoms with Gasteiger partial charge in [0.2, 0.25) is 0 Å². The number of carboxylic acid groups (broad SMARTS) is 2. The van der Waals surface area contributed by atoms with Gasteiger partial charge in [-0.15, -0.1) is 0 Å². The van der Waals surface area contributed by atoms with Crippen LogP contribution in [-0.4, -0.2) is 45.2 Å². The van der Waals surface area contributed by atoms with E-state index in [2.05, 4.69) is 0 Å². The molecule has 0 aromatic heterocycles. The highest BCUT2D eigenvalue weighted by Gasteiger charge is 2.42.